The summed E-state index contributed by atoms with van der Waals surface area (Å²) in [6, 6.07) is 5.23. The van der Waals surface area contributed by atoms with Gasteiger partial charge in [-0.25, -0.2) is 9.97 Å². The first-order valence-electron chi connectivity index (χ1n) is 5.32. The second kappa shape index (κ2) is 5.66. The minimum absolute atomic E-state index is 0.191. The Kier molecular flexibility index (Phi) is 3.96. The average molecular weight is 323 g/mol. The highest BCUT2D eigenvalue weighted by Crippen LogP contribution is 2.27. The van der Waals surface area contributed by atoms with E-state index >= 15 is 0 Å². The molecule has 0 unspecified atom stereocenters. The lowest BCUT2D eigenvalue weighted by atomic mass is 10.3. The van der Waals surface area contributed by atoms with Crippen LogP contribution in [0.5, 0.6) is 5.75 Å². The van der Waals surface area contributed by atoms with Gasteiger partial charge in [0.25, 0.3) is 5.91 Å². The van der Waals surface area contributed by atoms with Gasteiger partial charge in [-0.2, -0.15) is 0 Å². The number of nitrogens with one attached hydrogen (secondary N) is 1. The molecule has 0 aliphatic carbocycles. The second-order valence-electron chi connectivity index (χ2n) is 3.63. The van der Waals surface area contributed by atoms with Crippen molar-refractivity contribution < 1.29 is 9.53 Å². The number of ether oxygens (including phenoxy) is 1. The molecule has 98 valence electrons. The third-order valence-corrected chi connectivity index (χ3v) is 2.97. The molecule has 1 aromatic heterocycles. The van der Waals surface area contributed by atoms with Crippen molar-refractivity contribution in [2.24, 2.45) is 0 Å². The van der Waals surface area contributed by atoms with Crippen molar-refractivity contribution in [3.8, 4) is 5.75 Å². The van der Waals surface area contributed by atoms with Crippen LogP contribution < -0.4 is 15.8 Å². The number of rotatable bonds is 3. The molecule has 1 heterocycles. The molecule has 3 N–H and O–H groups in total. The van der Waals surface area contributed by atoms with Crippen molar-refractivity contribution in [2.75, 3.05) is 18.2 Å². The topological polar surface area (TPSA) is 90.1 Å². The van der Waals surface area contributed by atoms with Gasteiger partial charge in [0, 0.05) is 11.8 Å². The van der Waals surface area contributed by atoms with Crippen molar-refractivity contribution in [3.63, 3.8) is 0 Å². The van der Waals surface area contributed by atoms with Crippen LogP contribution in [-0.2, 0) is 0 Å². The maximum absolute atomic E-state index is 11.9. The van der Waals surface area contributed by atoms with Gasteiger partial charge in [0.15, 0.2) is 0 Å². The van der Waals surface area contributed by atoms with Gasteiger partial charge >= 0.3 is 0 Å². The van der Waals surface area contributed by atoms with Crippen LogP contribution >= 0.6 is 15.9 Å². The lowest BCUT2D eigenvalue weighted by Crippen LogP contribution is -2.14. The number of carbonyl (C=O) groups is 1. The summed E-state index contributed by atoms with van der Waals surface area (Å²) in [5.41, 5.74) is 6.20. The highest BCUT2D eigenvalue weighted by Gasteiger charge is 2.09. The molecular formula is C12H11BrN4O2. The number of hydrogen-bond acceptors (Lipinski definition) is 5. The number of carbonyl (C=O) groups excluding carboxylic acids is 1. The summed E-state index contributed by atoms with van der Waals surface area (Å²) < 4.78 is 5.95. The van der Waals surface area contributed by atoms with Crippen LogP contribution in [-0.4, -0.2) is 23.0 Å². The van der Waals surface area contributed by atoms with Crippen LogP contribution in [0.3, 0.4) is 0 Å². The number of halogens is 1. The second-order valence-corrected chi connectivity index (χ2v) is 4.48. The highest BCUT2D eigenvalue weighted by molar-refractivity contribution is 9.10. The van der Waals surface area contributed by atoms with Gasteiger partial charge in [0.2, 0.25) is 0 Å². The van der Waals surface area contributed by atoms with E-state index in [1.807, 2.05) is 0 Å². The minimum Gasteiger partial charge on any atom is -0.495 e. The summed E-state index contributed by atoms with van der Waals surface area (Å²) in [6.07, 6.45) is 2.65. The van der Waals surface area contributed by atoms with Crippen molar-refractivity contribution in [1.82, 2.24) is 9.97 Å². The fourth-order valence-electron chi connectivity index (χ4n) is 1.39. The van der Waals surface area contributed by atoms with E-state index in [0.29, 0.717) is 11.4 Å². The normalized spacial score (nSPS) is 10.0. The van der Waals surface area contributed by atoms with Crippen molar-refractivity contribution in [2.45, 2.75) is 0 Å². The zero-order valence-electron chi connectivity index (χ0n) is 10.1. The number of hydrogen-bond donors (Lipinski definition) is 2. The predicted octanol–water partition coefficient (Wildman–Crippen LogP) is 2.08. The summed E-state index contributed by atoms with van der Waals surface area (Å²) in [4.78, 5) is 19.6. The standard InChI is InChI=1S/C12H11BrN4O2/c1-19-10-4-7(2-3-8(10)13)17-12(18)9-5-16-11(14)6-15-9/h2-6H,1H3,(H2,14,16)(H,17,18). The SMILES string of the molecule is COc1cc(NC(=O)c2cnc(N)cn2)ccc1Br. The van der Waals surface area contributed by atoms with Gasteiger partial charge < -0.3 is 15.8 Å². The Balaban J connectivity index is 2.17. The van der Waals surface area contributed by atoms with Crippen LogP contribution in [0, 0.1) is 0 Å². The maximum Gasteiger partial charge on any atom is 0.275 e. The quantitative estimate of drug-likeness (QED) is 0.902. The first-order chi connectivity index (χ1) is 9.10. The van der Waals surface area contributed by atoms with E-state index in [0.717, 1.165) is 4.47 Å². The van der Waals surface area contributed by atoms with E-state index < -0.39 is 0 Å². The van der Waals surface area contributed by atoms with E-state index in [9.17, 15) is 4.79 Å². The van der Waals surface area contributed by atoms with Gasteiger partial charge in [-0.05, 0) is 28.1 Å². The predicted molar refractivity (Wildman–Crippen MR) is 75.1 cm³/mol. The number of benzene rings is 1. The zero-order chi connectivity index (χ0) is 13.8. The number of methoxy groups -OCH3 is 1. The molecule has 2 aromatic rings. The molecule has 19 heavy (non-hydrogen) atoms. The molecule has 0 atom stereocenters. The summed E-state index contributed by atoms with van der Waals surface area (Å²) in [6.45, 7) is 0. The summed E-state index contributed by atoms with van der Waals surface area (Å²) in [5.74, 6) is 0.528. The molecule has 0 saturated carbocycles. The van der Waals surface area contributed by atoms with E-state index in [4.69, 9.17) is 10.5 Å². The molecule has 0 bridgehead atoms. The molecule has 6 nitrogen and oxygen atoms in total. The molecule has 0 saturated heterocycles. The molecule has 7 heteroatoms. The number of nitrogens with two attached hydrogens (primary N) is 1. The van der Waals surface area contributed by atoms with Crippen molar-refractivity contribution >= 4 is 33.3 Å². The summed E-state index contributed by atoms with van der Waals surface area (Å²) in [5, 5.41) is 2.70. The van der Waals surface area contributed by atoms with Gasteiger partial charge in [-0.1, -0.05) is 0 Å². The monoisotopic (exact) mass is 322 g/mol. The molecule has 1 amide bonds. The molecule has 0 fully saturated rings. The van der Waals surface area contributed by atoms with E-state index in [1.165, 1.54) is 12.4 Å². The van der Waals surface area contributed by atoms with Gasteiger partial charge in [0.1, 0.15) is 17.3 Å². The fraction of sp³-hybridized carbons (Fsp3) is 0.0833. The molecule has 0 aliphatic heterocycles. The number of anilines is 2. The van der Waals surface area contributed by atoms with Crippen molar-refractivity contribution in [1.29, 1.82) is 0 Å². The molecule has 1 aromatic carbocycles. The van der Waals surface area contributed by atoms with Crippen LogP contribution in [0.25, 0.3) is 0 Å². The molecule has 0 spiro atoms. The fourth-order valence-corrected chi connectivity index (χ4v) is 1.80. The Morgan fingerprint density at radius 3 is 2.79 bits per heavy atom. The number of nitrogen functional groups attached to an aromatic ring is 1. The van der Waals surface area contributed by atoms with Crippen LogP contribution in [0.15, 0.2) is 35.1 Å². The Bertz CT molecular complexity index is 601. The number of aromatic nitrogens is 2. The summed E-state index contributed by atoms with van der Waals surface area (Å²) >= 11 is 3.34. The average Bonchev–Trinajstić information content (AvgIpc) is 2.41. The lowest BCUT2D eigenvalue weighted by molar-refractivity contribution is 0.102. The third kappa shape index (κ3) is 3.19. The zero-order valence-corrected chi connectivity index (χ0v) is 11.6. The third-order valence-electron chi connectivity index (χ3n) is 2.31. The smallest absolute Gasteiger partial charge is 0.275 e. The van der Waals surface area contributed by atoms with E-state index in [-0.39, 0.29) is 17.4 Å². The first kappa shape index (κ1) is 13.3. The van der Waals surface area contributed by atoms with E-state index in [2.05, 4.69) is 31.2 Å². The lowest BCUT2D eigenvalue weighted by Gasteiger charge is -2.08. The Labute approximate surface area is 118 Å². The summed E-state index contributed by atoms with van der Waals surface area (Å²) in [7, 11) is 1.55. The number of amides is 1. The Morgan fingerprint density at radius 1 is 1.37 bits per heavy atom. The highest BCUT2D eigenvalue weighted by atomic mass is 79.9. The van der Waals surface area contributed by atoms with Gasteiger partial charge in [-0.3, -0.25) is 4.79 Å². The van der Waals surface area contributed by atoms with Gasteiger partial charge in [-0.15, -0.1) is 0 Å². The molecular weight excluding hydrogens is 312 g/mol. The Hall–Kier alpha value is -2.15. The van der Waals surface area contributed by atoms with Crippen molar-refractivity contribution in [3.05, 3.63) is 40.8 Å². The minimum atomic E-state index is -0.364. The molecule has 0 radical (unpaired) electrons. The Morgan fingerprint density at radius 2 is 2.16 bits per heavy atom. The first-order valence-corrected chi connectivity index (χ1v) is 6.12. The van der Waals surface area contributed by atoms with Crippen LogP contribution in [0.1, 0.15) is 10.5 Å². The van der Waals surface area contributed by atoms with Crippen LogP contribution in [0.4, 0.5) is 11.5 Å². The van der Waals surface area contributed by atoms with Crippen LogP contribution in [0.2, 0.25) is 0 Å². The molecule has 0 aliphatic rings. The largest absolute Gasteiger partial charge is 0.495 e. The molecule has 2 rings (SSSR count). The van der Waals surface area contributed by atoms with Gasteiger partial charge in [0.05, 0.1) is 24.0 Å². The van der Waals surface area contributed by atoms with E-state index in [1.54, 1.807) is 25.3 Å². The maximum atomic E-state index is 11.9. The number of nitrogens with zero attached hydrogens (tertiary/aromatic N) is 2.